The summed E-state index contributed by atoms with van der Waals surface area (Å²) in [5.41, 5.74) is 3.93. The normalized spacial score (nSPS) is 16.9. The van der Waals surface area contributed by atoms with Crippen LogP contribution in [0, 0.1) is 10.1 Å². The number of hydrogen-bond donors (Lipinski definition) is 1. The van der Waals surface area contributed by atoms with Gasteiger partial charge in [-0.1, -0.05) is 0 Å². The van der Waals surface area contributed by atoms with Crippen molar-refractivity contribution < 1.29 is 9.76 Å². The number of nitrogens with zero attached hydrogens (tertiary/aromatic N) is 2. The summed E-state index contributed by atoms with van der Waals surface area (Å²) >= 11 is 0. The molecule has 0 radical (unpaired) electrons. The van der Waals surface area contributed by atoms with Gasteiger partial charge in [0.05, 0.1) is 11.5 Å². The van der Waals surface area contributed by atoms with Gasteiger partial charge in [0.15, 0.2) is 0 Å². The number of nitro groups is 1. The third kappa shape index (κ3) is 2.47. The summed E-state index contributed by atoms with van der Waals surface area (Å²) < 4.78 is 0. The number of nitro benzene ring substituents is 1. The van der Waals surface area contributed by atoms with Crippen molar-refractivity contribution in [1.29, 1.82) is 0 Å². The molecule has 0 aromatic heterocycles. The molecule has 1 fully saturated rings. The first-order chi connectivity index (χ1) is 7.77. The minimum Gasteiger partial charge on any atom is -0.368 e. The highest BCUT2D eigenvalue weighted by molar-refractivity contribution is 5.50. The summed E-state index contributed by atoms with van der Waals surface area (Å²) in [6, 6.07) is 6.58. The van der Waals surface area contributed by atoms with E-state index in [2.05, 4.69) is 10.4 Å². The zero-order valence-corrected chi connectivity index (χ0v) is 8.76. The summed E-state index contributed by atoms with van der Waals surface area (Å²) in [5.74, 6) is 0. The van der Waals surface area contributed by atoms with Gasteiger partial charge < -0.3 is 4.90 Å². The second-order valence-corrected chi connectivity index (χ2v) is 3.50. The SMILES string of the molecule is O=[N+]([O-])c1ccc(N2CCNOCC2)cc1. The molecule has 0 aliphatic carbocycles. The van der Waals surface area contributed by atoms with E-state index >= 15 is 0 Å². The van der Waals surface area contributed by atoms with Crippen LogP contribution in [-0.2, 0) is 4.84 Å². The minimum absolute atomic E-state index is 0.118. The van der Waals surface area contributed by atoms with Gasteiger partial charge in [0.2, 0.25) is 0 Å². The van der Waals surface area contributed by atoms with E-state index < -0.39 is 4.92 Å². The molecule has 6 nitrogen and oxygen atoms in total. The average molecular weight is 223 g/mol. The Morgan fingerprint density at radius 2 is 2.06 bits per heavy atom. The van der Waals surface area contributed by atoms with Gasteiger partial charge in [-0.3, -0.25) is 15.0 Å². The zero-order chi connectivity index (χ0) is 11.4. The minimum atomic E-state index is -0.392. The second kappa shape index (κ2) is 4.91. The number of hydroxylamine groups is 1. The van der Waals surface area contributed by atoms with Crippen LogP contribution in [0.2, 0.25) is 0 Å². The summed E-state index contributed by atoms with van der Waals surface area (Å²) in [6.45, 7) is 2.97. The Morgan fingerprint density at radius 1 is 1.31 bits per heavy atom. The number of benzene rings is 1. The molecule has 0 saturated carbocycles. The molecule has 0 bridgehead atoms. The predicted octanol–water partition coefficient (Wildman–Crippen LogP) is 0.936. The fourth-order valence-electron chi connectivity index (χ4n) is 1.64. The van der Waals surface area contributed by atoms with Crippen molar-refractivity contribution >= 4 is 11.4 Å². The molecule has 1 aliphatic heterocycles. The lowest BCUT2D eigenvalue weighted by atomic mass is 10.2. The number of hydrogen-bond acceptors (Lipinski definition) is 5. The lowest BCUT2D eigenvalue weighted by Gasteiger charge is -2.21. The maximum Gasteiger partial charge on any atom is 0.269 e. The van der Waals surface area contributed by atoms with Crippen molar-refractivity contribution in [2.45, 2.75) is 0 Å². The number of rotatable bonds is 2. The molecule has 2 rings (SSSR count). The summed E-state index contributed by atoms with van der Waals surface area (Å²) in [6.07, 6.45) is 0. The quantitative estimate of drug-likeness (QED) is 0.597. The molecule has 1 aromatic rings. The molecule has 86 valence electrons. The van der Waals surface area contributed by atoms with Crippen molar-refractivity contribution in [2.24, 2.45) is 0 Å². The van der Waals surface area contributed by atoms with Crippen LogP contribution in [-0.4, -0.2) is 31.2 Å². The first-order valence-corrected chi connectivity index (χ1v) is 5.11. The highest BCUT2D eigenvalue weighted by Gasteiger charge is 2.11. The Balaban J connectivity index is 2.10. The van der Waals surface area contributed by atoms with Gasteiger partial charge in [-0.25, -0.2) is 5.48 Å². The second-order valence-electron chi connectivity index (χ2n) is 3.50. The van der Waals surface area contributed by atoms with Crippen molar-refractivity contribution in [2.75, 3.05) is 31.1 Å². The van der Waals surface area contributed by atoms with Crippen molar-refractivity contribution in [3.63, 3.8) is 0 Å². The van der Waals surface area contributed by atoms with E-state index in [0.29, 0.717) is 6.61 Å². The van der Waals surface area contributed by atoms with Gasteiger partial charge in [-0.2, -0.15) is 0 Å². The van der Waals surface area contributed by atoms with E-state index in [1.807, 2.05) is 0 Å². The lowest BCUT2D eigenvalue weighted by Crippen LogP contribution is -2.28. The van der Waals surface area contributed by atoms with Crippen molar-refractivity contribution in [3.8, 4) is 0 Å². The standard InChI is InChI=1S/C10H13N3O3/c14-13(15)10-3-1-9(2-4-10)12-6-5-11-16-8-7-12/h1-4,11H,5-8H2. The first kappa shape index (κ1) is 10.8. The first-order valence-electron chi connectivity index (χ1n) is 5.11. The fraction of sp³-hybridized carbons (Fsp3) is 0.400. The van der Waals surface area contributed by atoms with Gasteiger partial charge in [0, 0.05) is 37.5 Å². The average Bonchev–Trinajstić information content (AvgIpc) is 2.57. The zero-order valence-electron chi connectivity index (χ0n) is 8.76. The topological polar surface area (TPSA) is 67.6 Å². The molecular formula is C10H13N3O3. The maximum absolute atomic E-state index is 10.5. The van der Waals surface area contributed by atoms with Crippen LogP contribution in [0.25, 0.3) is 0 Å². The van der Waals surface area contributed by atoms with Crippen LogP contribution >= 0.6 is 0 Å². The highest BCUT2D eigenvalue weighted by atomic mass is 16.6. The molecule has 1 heterocycles. The Bertz CT molecular complexity index is 358. The van der Waals surface area contributed by atoms with Crippen molar-refractivity contribution in [1.82, 2.24) is 5.48 Å². The molecule has 16 heavy (non-hydrogen) atoms. The van der Waals surface area contributed by atoms with Gasteiger partial charge in [0.1, 0.15) is 0 Å². The van der Waals surface area contributed by atoms with E-state index in [0.717, 1.165) is 25.3 Å². The molecule has 1 N–H and O–H groups in total. The van der Waals surface area contributed by atoms with E-state index in [1.54, 1.807) is 12.1 Å². The maximum atomic E-state index is 10.5. The Kier molecular flexibility index (Phi) is 3.33. The third-order valence-electron chi connectivity index (χ3n) is 2.47. The Hall–Kier alpha value is -1.66. The lowest BCUT2D eigenvalue weighted by molar-refractivity contribution is -0.384. The molecule has 1 aromatic carbocycles. The van der Waals surface area contributed by atoms with Gasteiger partial charge in [-0.15, -0.1) is 0 Å². The number of nitrogens with one attached hydrogen (secondary N) is 1. The van der Waals surface area contributed by atoms with Crippen molar-refractivity contribution in [3.05, 3.63) is 34.4 Å². The van der Waals surface area contributed by atoms with E-state index in [1.165, 1.54) is 12.1 Å². The largest absolute Gasteiger partial charge is 0.368 e. The molecule has 0 unspecified atom stereocenters. The highest BCUT2D eigenvalue weighted by Crippen LogP contribution is 2.19. The van der Waals surface area contributed by atoms with Crippen LogP contribution in [0.15, 0.2) is 24.3 Å². The Labute approximate surface area is 92.9 Å². The van der Waals surface area contributed by atoms with Crippen LogP contribution in [0.5, 0.6) is 0 Å². The molecular weight excluding hydrogens is 210 g/mol. The monoisotopic (exact) mass is 223 g/mol. The molecule has 1 saturated heterocycles. The molecule has 0 spiro atoms. The summed E-state index contributed by atoms with van der Waals surface area (Å²) in [5, 5.41) is 10.5. The number of non-ortho nitro benzene ring substituents is 1. The van der Waals surface area contributed by atoms with Crippen LogP contribution in [0.3, 0.4) is 0 Å². The summed E-state index contributed by atoms with van der Waals surface area (Å²) in [7, 11) is 0. The molecule has 6 heteroatoms. The van der Waals surface area contributed by atoms with Crippen LogP contribution in [0.1, 0.15) is 0 Å². The third-order valence-corrected chi connectivity index (χ3v) is 2.47. The van der Waals surface area contributed by atoms with E-state index in [4.69, 9.17) is 4.84 Å². The summed E-state index contributed by atoms with van der Waals surface area (Å²) in [4.78, 5) is 17.4. The Morgan fingerprint density at radius 3 is 2.75 bits per heavy atom. The van der Waals surface area contributed by atoms with Crippen LogP contribution in [0.4, 0.5) is 11.4 Å². The predicted molar refractivity (Wildman–Crippen MR) is 59.3 cm³/mol. The van der Waals surface area contributed by atoms with E-state index in [-0.39, 0.29) is 5.69 Å². The molecule has 0 amide bonds. The van der Waals surface area contributed by atoms with Gasteiger partial charge >= 0.3 is 0 Å². The van der Waals surface area contributed by atoms with E-state index in [9.17, 15) is 10.1 Å². The smallest absolute Gasteiger partial charge is 0.269 e. The fourth-order valence-corrected chi connectivity index (χ4v) is 1.64. The van der Waals surface area contributed by atoms with Gasteiger partial charge in [-0.05, 0) is 12.1 Å². The van der Waals surface area contributed by atoms with Gasteiger partial charge in [0.25, 0.3) is 5.69 Å². The molecule has 1 aliphatic rings. The van der Waals surface area contributed by atoms with Crippen LogP contribution < -0.4 is 10.4 Å². The molecule has 0 atom stereocenters. The number of anilines is 1.